The van der Waals surface area contributed by atoms with Crippen molar-refractivity contribution >= 4 is 17.6 Å². The summed E-state index contributed by atoms with van der Waals surface area (Å²) in [5.41, 5.74) is 1.21. The van der Waals surface area contributed by atoms with Crippen LogP contribution in [-0.4, -0.2) is 35.1 Å². The highest BCUT2D eigenvalue weighted by atomic mass is 35.5. The van der Waals surface area contributed by atoms with Crippen LogP contribution in [0.25, 0.3) is 0 Å². The third-order valence-corrected chi connectivity index (χ3v) is 4.17. The van der Waals surface area contributed by atoms with E-state index in [-0.39, 0.29) is 5.92 Å². The standard InChI is InChI=1S/C15H20ClNO2/c1-11-5-6-13(15(18)19)10-17(11)8-7-12-3-2-4-14(16)9-12/h2-4,9,11,13H,5-8,10H2,1H3,(H,18,19). The summed E-state index contributed by atoms with van der Waals surface area (Å²) in [6, 6.07) is 8.33. The zero-order valence-electron chi connectivity index (χ0n) is 11.2. The van der Waals surface area contributed by atoms with Gasteiger partial charge in [-0.2, -0.15) is 0 Å². The molecule has 1 aromatic rings. The number of carboxylic acid groups (broad SMARTS) is 1. The normalized spacial score (nSPS) is 24.3. The SMILES string of the molecule is CC1CCC(C(=O)O)CN1CCc1cccc(Cl)c1. The van der Waals surface area contributed by atoms with Crippen molar-refractivity contribution in [1.29, 1.82) is 0 Å². The first-order valence-electron chi connectivity index (χ1n) is 6.77. The Bertz CT molecular complexity index is 450. The third-order valence-electron chi connectivity index (χ3n) is 3.94. The molecule has 4 heteroatoms. The number of halogens is 1. The van der Waals surface area contributed by atoms with E-state index in [1.165, 1.54) is 5.56 Å². The molecule has 1 heterocycles. The van der Waals surface area contributed by atoms with Gasteiger partial charge in [-0.1, -0.05) is 23.7 Å². The van der Waals surface area contributed by atoms with Crippen LogP contribution in [-0.2, 0) is 11.2 Å². The monoisotopic (exact) mass is 281 g/mol. The predicted molar refractivity (Wildman–Crippen MR) is 76.6 cm³/mol. The van der Waals surface area contributed by atoms with E-state index in [0.717, 1.165) is 30.8 Å². The zero-order chi connectivity index (χ0) is 13.8. The quantitative estimate of drug-likeness (QED) is 0.922. The number of aliphatic carboxylic acids is 1. The van der Waals surface area contributed by atoms with Gasteiger partial charge >= 0.3 is 5.97 Å². The number of likely N-dealkylation sites (tertiary alicyclic amines) is 1. The Morgan fingerprint density at radius 2 is 2.26 bits per heavy atom. The van der Waals surface area contributed by atoms with E-state index >= 15 is 0 Å². The topological polar surface area (TPSA) is 40.5 Å². The number of piperidine rings is 1. The first-order chi connectivity index (χ1) is 9.06. The van der Waals surface area contributed by atoms with Crippen molar-refractivity contribution in [2.24, 2.45) is 5.92 Å². The molecule has 1 aliphatic heterocycles. The van der Waals surface area contributed by atoms with Crippen molar-refractivity contribution in [3.05, 3.63) is 34.9 Å². The van der Waals surface area contributed by atoms with Crippen LogP contribution in [0.1, 0.15) is 25.3 Å². The van der Waals surface area contributed by atoms with Gasteiger partial charge < -0.3 is 5.11 Å². The molecule has 0 amide bonds. The number of carboxylic acids is 1. The van der Waals surface area contributed by atoms with E-state index in [9.17, 15) is 4.79 Å². The molecule has 0 bridgehead atoms. The van der Waals surface area contributed by atoms with E-state index < -0.39 is 5.97 Å². The molecule has 1 saturated heterocycles. The fourth-order valence-corrected chi connectivity index (χ4v) is 2.87. The molecule has 2 atom stereocenters. The molecule has 2 rings (SSSR count). The fraction of sp³-hybridized carbons (Fsp3) is 0.533. The molecule has 0 saturated carbocycles. The first kappa shape index (κ1) is 14.4. The molecule has 3 nitrogen and oxygen atoms in total. The lowest BCUT2D eigenvalue weighted by Crippen LogP contribution is -2.44. The second-order valence-corrected chi connectivity index (χ2v) is 5.77. The molecule has 1 aromatic carbocycles. The first-order valence-corrected chi connectivity index (χ1v) is 7.15. The molecule has 2 unspecified atom stereocenters. The van der Waals surface area contributed by atoms with E-state index in [1.54, 1.807) is 0 Å². The van der Waals surface area contributed by atoms with Crippen LogP contribution < -0.4 is 0 Å². The van der Waals surface area contributed by atoms with E-state index in [4.69, 9.17) is 16.7 Å². The van der Waals surface area contributed by atoms with Crippen molar-refractivity contribution in [3.63, 3.8) is 0 Å². The molecule has 1 N–H and O–H groups in total. The minimum atomic E-state index is -0.667. The van der Waals surface area contributed by atoms with Gasteiger partial charge in [-0.05, 0) is 43.9 Å². The summed E-state index contributed by atoms with van der Waals surface area (Å²) in [5.74, 6) is -0.879. The highest BCUT2D eigenvalue weighted by molar-refractivity contribution is 6.30. The van der Waals surface area contributed by atoms with Crippen LogP contribution >= 0.6 is 11.6 Å². The second kappa shape index (κ2) is 6.40. The van der Waals surface area contributed by atoms with Crippen LogP contribution in [0.4, 0.5) is 0 Å². The Morgan fingerprint density at radius 1 is 1.47 bits per heavy atom. The summed E-state index contributed by atoms with van der Waals surface area (Å²) >= 11 is 5.97. The lowest BCUT2D eigenvalue weighted by Gasteiger charge is -2.36. The van der Waals surface area contributed by atoms with Gasteiger partial charge in [0.1, 0.15) is 0 Å². The molecule has 1 fully saturated rings. The summed E-state index contributed by atoms with van der Waals surface area (Å²) in [6.45, 7) is 3.73. The van der Waals surface area contributed by atoms with E-state index in [0.29, 0.717) is 12.6 Å². The fourth-order valence-electron chi connectivity index (χ4n) is 2.66. The van der Waals surface area contributed by atoms with Gasteiger partial charge in [-0.15, -0.1) is 0 Å². The molecule has 1 aliphatic rings. The third kappa shape index (κ3) is 3.95. The van der Waals surface area contributed by atoms with Crippen LogP contribution in [0.15, 0.2) is 24.3 Å². The lowest BCUT2D eigenvalue weighted by atomic mass is 9.93. The van der Waals surface area contributed by atoms with E-state index in [1.807, 2.05) is 18.2 Å². The van der Waals surface area contributed by atoms with Gasteiger partial charge in [0.2, 0.25) is 0 Å². The number of benzene rings is 1. The van der Waals surface area contributed by atoms with Crippen LogP contribution in [0, 0.1) is 5.92 Å². The summed E-state index contributed by atoms with van der Waals surface area (Å²) < 4.78 is 0. The molecular formula is C15H20ClNO2. The Kier molecular flexibility index (Phi) is 4.83. The number of hydrogen-bond donors (Lipinski definition) is 1. The van der Waals surface area contributed by atoms with Gasteiger partial charge in [0, 0.05) is 24.2 Å². The summed E-state index contributed by atoms with van der Waals surface area (Å²) in [4.78, 5) is 13.4. The molecular weight excluding hydrogens is 262 g/mol. The molecule has 0 aliphatic carbocycles. The minimum absolute atomic E-state index is 0.212. The van der Waals surface area contributed by atoms with Crippen molar-refractivity contribution in [2.75, 3.05) is 13.1 Å². The number of hydrogen-bond acceptors (Lipinski definition) is 2. The summed E-state index contributed by atoms with van der Waals surface area (Å²) in [6.07, 6.45) is 2.67. The highest BCUT2D eigenvalue weighted by Gasteiger charge is 2.29. The van der Waals surface area contributed by atoms with Gasteiger partial charge in [-0.3, -0.25) is 9.69 Å². The van der Waals surface area contributed by atoms with Crippen molar-refractivity contribution in [1.82, 2.24) is 4.90 Å². The van der Waals surface area contributed by atoms with Crippen molar-refractivity contribution < 1.29 is 9.90 Å². The Balaban J connectivity index is 1.92. The highest BCUT2D eigenvalue weighted by Crippen LogP contribution is 2.22. The molecule has 0 spiro atoms. The smallest absolute Gasteiger partial charge is 0.307 e. The second-order valence-electron chi connectivity index (χ2n) is 5.34. The van der Waals surface area contributed by atoms with Gasteiger partial charge in [0.05, 0.1) is 5.92 Å². The van der Waals surface area contributed by atoms with Crippen molar-refractivity contribution in [3.8, 4) is 0 Å². The van der Waals surface area contributed by atoms with Gasteiger partial charge in [-0.25, -0.2) is 0 Å². The number of rotatable bonds is 4. The largest absolute Gasteiger partial charge is 0.481 e. The Morgan fingerprint density at radius 3 is 2.95 bits per heavy atom. The average Bonchev–Trinajstić information content (AvgIpc) is 2.37. The molecule has 0 aromatic heterocycles. The zero-order valence-corrected chi connectivity index (χ0v) is 11.9. The van der Waals surface area contributed by atoms with Crippen LogP contribution in [0.5, 0.6) is 0 Å². The van der Waals surface area contributed by atoms with Crippen LogP contribution in [0.2, 0.25) is 5.02 Å². The summed E-state index contributed by atoms with van der Waals surface area (Å²) in [7, 11) is 0. The van der Waals surface area contributed by atoms with Gasteiger partial charge in [0.25, 0.3) is 0 Å². The lowest BCUT2D eigenvalue weighted by molar-refractivity contribution is -0.144. The number of carbonyl (C=O) groups is 1. The summed E-state index contributed by atoms with van der Waals surface area (Å²) in [5, 5.41) is 9.88. The Hall–Kier alpha value is -1.06. The number of nitrogens with zero attached hydrogens (tertiary/aromatic N) is 1. The maximum absolute atomic E-state index is 11.1. The minimum Gasteiger partial charge on any atom is -0.481 e. The maximum Gasteiger partial charge on any atom is 0.307 e. The maximum atomic E-state index is 11.1. The predicted octanol–water partition coefficient (Wildman–Crippen LogP) is 3.07. The van der Waals surface area contributed by atoms with E-state index in [2.05, 4.69) is 17.9 Å². The molecule has 19 heavy (non-hydrogen) atoms. The van der Waals surface area contributed by atoms with Crippen molar-refractivity contribution in [2.45, 2.75) is 32.2 Å². The van der Waals surface area contributed by atoms with Gasteiger partial charge in [0.15, 0.2) is 0 Å². The molecule has 0 radical (unpaired) electrons. The average molecular weight is 282 g/mol. The molecule has 104 valence electrons. The Labute approximate surface area is 119 Å². The van der Waals surface area contributed by atoms with Crippen LogP contribution in [0.3, 0.4) is 0 Å².